The topological polar surface area (TPSA) is 21.3 Å². The van der Waals surface area contributed by atoms with Crippen molar-refractivity contribution in [1.29, 1.82) is 0 Å². The highest BCUT2D eigenvalue weighted by Crippen LogP contribution is 2.31. The number of rotatable bonds is 7. The van der Waals surface area contributed by atoms with Gasteiger partial charge in [0.2, 0.25) is 0 Å². The minimum Gasteiger partial charge on any atom is -0.383 e. The summed E-state index contributed by atoms with van der Waals surface area (Å²) in [6, 6.07) is 0.564. The van der Waals surface area contributed by atoms with Gasteiger partial charge in [-0.15, -0.1) is 0 Å². The number of ether oxygens (including phenoxy) is 1. The van der Waals surface area contributed by atoms with Crippen molar-refractivity contribution in [2.75, 3.05) is 20.3 Å². The van der Waals surface area contributed by atoms with Crippen LogP contribution in [0.3, 0.4) is 0 Å². The van der Waals surface area contributed by atoms with Crippen LogP contribution < -0.4 is 5.32 Å². The first kappa shape index (κ1) is 10.0. The fourth-order valence-electron chi connectivity index (χ4n) is 1.42. The summed E-state index contributed by atoms with van der Waals surface area (Å²) < 4.78 is 5.11. The molecule has 0 saturated heterocycles. The van der Waals surface area contributed by atoms with Crippen molar-refractivity contribution >= 4 is 0 Å². The fourth-order valence-corrected chi connectivity index (χ4v) is 1.42. The predicted molar refractivity (Wildman–Crippen MR) is 51.3 cm³/mol. The Hall–Kier alpha value is -0.0800. The van der Waals surface area contributed by atoms with E-state index in [-0.39, 0.29) is 0 Å². The summed E-state index contributed by atoms with van der Waals surface area (Å²) in [5, 5.41) is 3.52. The molecule has 0 aliphatic heterocycles. The molecule has 0 aromatic rings. The Morgan fingerprint density at radius 1 is 1.50 bits per heavy atom. The molecule has 1 atom stereocenters. The second kappa shape index (κ2) is 5.55. The molecule has 1 aliphatic carbocycles. The third-order valence-electron chi connectivity index (χ3n) is 2.54. The number of methoxy groups -OCH3 is 1. The van der Waals surface area contributed by atoms with E-state index in [1.54, 1.807) is 7.11 Å². The van der Waals surface area contributed by atoms with Crippen LogP contribution in [0.4, 0.5) is 0 Å². The summed E-state index contributed by atoms with van der Waals surface area (Å²) in [6.07, 6.45) is 5.45. The van der Waals surface area contributed by atoms with Gasteiger partial charge in [0, 0.05) is 13.2 Å². The van der Waals surface area contributed by atoms with E-state index in [2.05, 4.69) is 12.2 Å². The van der Waals surface area contributed by atoms with Crippen molar-refractivity contribution in [3.63, 3.8) is 0 Å². The molecule has 0 bridgehead atoms. The van der Waals surface area contributed by atoms with Crippen molar-refractivity contribution in [2.45, 2.75) is 38.6 Å². The smallest absolute Gasteiger partial charge is 0.0615 e. The molecule has 0 aromatic heterocycles. The molecule has 1 unspecified atom stereocenters. The molecule has 0 amide bonds. The van der Waals surface area contributed by atoms with Gasteiger partial charge < -0.3 is 10.1 Å². The molecule has 2 nitrogen and oxygen atoms in total. The average molecular weight is 171 g/mol. The monoisotopic (exact) mass is 171 g/mol. The first-order valence-electron chi connectivity index (χ1n) is 5.09. The Bertz CT molecular complexity index is 112. The van der Waals surface area contributed by atoms with Crippen LogP contribution in [0.25, 0.3) is 0 Å². The molecule has 1 fully saturated rings. The zero-order valence-electron chi connectivity index (χ0n) is 8.31. The summed E-state index contributed by atoms with van der Waals surface area (Å²) in [7, 11) is 1.77. The highest BCUT2D eigenvalue weighted by atomic mass is 16.5. The number of hydrogen-bond acceptors (Lipinski definition) is 2. The van der Waals surface area contributed by atoms with Crippen molar-refractivity contribution in [1.82, 2.24) is 5.32 Å². The van der Waals surface area contributed by atoms with Gasteiger partial charge in [0.15, 0.2) is 0 Å². The van der Waals surface area contributed by atoms with Gasteiger partial charge in [-0.05, 0) is 25.3 Å². The van der Waals surface area contributed by atoms with Gasteiger partial charge in [0.05, 0.1) is 6.61 Å². The lowest BCUT2D eigenvalue weighted by molar-refractivity contribution is 0.164. The van der Waals surface area contributed by atoms with Crippen molar-refractivity contribution in [3.8, 4) is 0 Å². The van der Waals surface area contributed by atoms with E-state index in [0.29, 0.717) is 6.04 Å². The summed E-state index contributed by atoms with van der Waals surface area (Å²) >= 11 is 0. The van der Waals surface area contributed by atoms with Crippen LogP contribution in [0.5, 0.6) is 0 Å². The normalized spacial score (nSPS) is 19.5. The molecule has 2 heteroatoms. The first-order valence-corrected chi connectivity index (χ1v) is 5.09. The van der Waals surface area contributed by atoms with Gasteiger partial charge in [-0.25, -0.2) is 0 Å². The van der Waals surface area contributed by atoms with Gasteiger partial charge >= 0.3 is 0 Å². The molecule has 72 valence electrons. The minimum absolute atomic E-state index is 0.564. The van der Waals surface area contributed by atoms with Gasteiger partial charge in [-0.2, -0.15) is 0 Å². The molecule has 12 heavy (non-hydrogen) atoms. The molecule has 0 heterocycles. The van der Waals surface area contributed by atoms with Crippen LogP contribution in [-0.2, 0) is 4.74 Å². The summed E-state index contributed by atoms with van der Waals surface area (Å²) in [5.74, 6) is 1.04. The minimum atomic E-state index is 0.564. The van der Waals surface area contributed by atoms with Crippen LogP contribution in [-0.4, -0.2) is 26.3 Å². The zero-order valence-corrected chi connectivity index (χ0v) is 8.31. The third-order valence-corrected chi connectivity index (χ3v) is 2.54. The lowest BCUT2D eigenvalue weighted by Crippen LogP contribution is -2.33. The maximum atomic E-state index is 5.11. The predicted octanol–water partition coefficient (Wildman–Crippen LogP) is 1.80. The molecule has 1 aliphatic rings. The van der Waals surface area contributed by atoms with Crippen LogP contribution in [0.2, 0.25) is 0 Å². The first-order chi connectivity index (χ1) is 5.86. The van der Waals surface area contributed by atoms with Gasteiger partial charge in [-0.3, -0.25) is 0 Å². The standard InChI is InChI=1S/C10H21NO/c1-3-10(8-12-2)11-7-6-9-4-5-9/h9-11H,3-8H2,1-2H3. The lowest BCUT2D eigenvalue weighted by Gasteiger charge is -2.15. The summed E-state index contributed by atoms with van der Waals surface area (Å²) in [6.45, 7) is 4.22. The van der Waals surface area contributed by atoms with Gasteiger partial charge in [0.25, 0.3) is 0 Å². The Kier molecular flexibility index (Phi) is 4.62. The average Bonchev–Trinajstić information content (AvgIpc) is 2.87. The molecule has 1 rings (SSSR count). The maximum absolute atomic E-state index is 5.11. The molecule has 1 N–H and O–H groups in total. The highest BCUT2D eigenvalue weighted by Gasteiger charge is 2.20. The third kappa shape index (κ3) is 4.07. The maximum Gasteiger partial charge on any atom is 0.0615 e. The number of hydrogen-bond donors (Lipinski definition) is 1. The van der Waals surface area contributed by atoms with Crippen molar-refractivity contribution in [2.24, 2.45) is 5.92 Å². The highest BCUT2D eigenvalue weighted by molar-refractivity contribution is 4.75. The van der Waals surface area contributed by atoms with Crippen molar-refractivity contribution < 1.29 is 4.74 Å². The fraction of sp³-hybridized carbons (Fsp3) is 1.00. The Balaban J connectivity index is 1.93. The summed E-state index contributed by atoms with van der Waals surface area (Å²) in [5.41, 5.74) is 0. The largest absolute Gasteiger partial charge is 0.383 e. The van der Waals surface area contributed by atoms with Crippen LogP contribution in [0.1, 0.15) is 32.6 Å². The van der Waals surface area contributed by atoms with E-state index in [1.807, 2.05) is 0 Å². The van der Waals surface area contributed by atoms with E-state index in [9.17, 15) is 0 Å². The van der Waals surface area contributed by atoms with Crippen LogP contribution >= 0.6 is 0 Å². The molecule has 0 radical (unpaired) electrons. The summed E-state index contributed by atoms with van der Waals surface area (Å²) in [4.78, 5) is 0. The SMILES string of the molecule is CCC(COC)NCCC1CC1. The lowest BCUT2D eigenvalue weighted by atomic mass is 10.2. The molecular weight excluding hydrogens is 150 g/mol. The number of nitrogens with one attached hydrogen (secondary N) is 1. The van der Waals surface area contributed by atoms with Gasteiger partial charge in [-0.1, -0.05) is 19.8 Å². The Labute approximate surface area is 75.7 Å². The van der Waals surface area contributed by atoms with E-state index in [1.165, 1.54) is 32.2 Å². The Morgan fingerprint density at radius 2 is 2.25 bits per heavy atom. The molecule has 1 saturated carbocycles. The zero-order chi connectivity index (χ0) is 8.81. The van der Waals surface area contributed by atoms with E-state index in [4.69, 9.17) is 4.74 Å². The van der Waals surface area contributed by atoms with Crippen LogP contribution in [0, 0.1) is 5.92 Å². The molecular formula is C10H21NO. The second-order valence-electron chi connectivity index (χ2n) is 3.75. The van der Waals surface area contributed by atoms with E-state index >= 15 is 0 Å². The van der Waals surface area contributed by atoms with E-state index < -0.39 is 0 Å². The Morgan fingerprint density at radius 3 is 2.75 bits per heavy atom. The molecule has 0 spiro atoms. The van der Waals surface area contributed by atoms with E-state index in [0.717, 1.165) is 12.5 Å². The second-order valence-corrected chi connectivity index (χ2v) is 3.75. The van der Waals surface area contributed by atoms with Crippen molar-refractivity contribution in [3.05, 3.63) is 0 Å². The van der Waals surface area contributed by atoms with Crippen LogP contribution in [0.15, 0.2) is 0 Å². The quantitative estimate of drug-likeness (QED) is 0.630. The molecule has 0 aromatic carbocycles. The van der Waals surface area contributed by atoms with Gasteiger partial charge in [0.1, 0.15) is 0 Å².